The molecule has 0 radical (unpaired) electrons. The van der Waals surface area contributed by atoms with Crippen LogP contribution in [-0.4, -0.2) is 26.2 Å². The summed E-state index contributed by atoms with van der Waals surface area (Å²) in [7, 11) is 1.79. The average molecular weight is 466 g/mol. The Kier molecular flexibility index (Phi) is 6.34. The molecule has 1 aromatic heterocycles. The molecular formula is C24H23N3O3S2. The van der Waals surface area contributed by atoms with Crippen LogP contribution in [0, 0.1) is 6.92 Å². The van der Waals surface area contributed by atoms with Crippen molar-refractivity contribution >= 4 is 46.0 Å². The first-order valence-electron chi connectivity index (χ1n) is 10.3. The molecule has 0 unspecified atom stereocenters. The summed E-state index contributed by atoms with van der Waals surface area (Å²) in [6.07, 6.45) is 2.73. The van der Waals surface area contributed by atoms with E-state index in [9.17, 15) is 9.59 Å². The molecule has 164 valence electrons. The van der Waals surface area contributed by atoms with E-state index >= 15 is 0 Å². The molecule has 1 aliphatic rings. The Morgan fingerprint density at radius 1 is 1.06 bits per heavy atom. The van der Waals surface area contributed by atoms with Crippen molar-refractivity contribution in [2.45, 2.75) is 20.3 Å². The first-order chi connectivity index (χ1) is 15.4. The van der Waals surface area contributed by atoms with Crippen LogP contribution in [-0.2, 0) is 11.8 Å². The Morgan fingerprint density at radius 2 is 1.75 bits per heavy atom. The number of rotatable bonds is 6. The fraction of sp³-hybridized carbons (Fsp3) is 0.208. The smallest absolute Gasteiger partial charge is 0.296 e. The summed E-state index contributed by atoms with van der Waals surface area (Å²) in [5.74, 6) is 0.496. The highest BCUT2D eigenvalue weighted by Gasteiger charge is 2.37. The van der Waals surface area contributed by atoms with Gasteiger partial charge in [-0.05, 0) is 49.2 Å². The van der Waals surface area contributed by atoms with E-state index in [0.29, 0.717) is 21.5 Å². The lowest BCUT2D eigenvalue weighted by Crippen LogP contribution is -2.33. The molecule has 3 aromatic rings. The summed E-state index contributed by atoms with van der Waals surface area (Å²) >= 11 is 6.70. The summed E-state index contributed by atoms with van der Waals surface area (Å²) in [6.45, 7) is 4.53. The average Bonchev–Trinajstić information content (AvgIpc) is 3.19. The number of hydrogen-bond donors (Lipinski definition) is 0. The Hall–Kier alpha value is -3.10. The standard InChI is InChI=1S/C24H23N3O3S2/c1-4-14-30-19-12-10-17(11-13-19)15-20-22(28)26(24(31)32-20)21-16(2)25(3)27(23(21)29)18-8-6-5-7-9-18/h5-13,15H,4,14H2,1-3H3/b20-15+. The molecule has 0 saturated carbocycles. The number of amides is 1. The molecule has 0 N–H and O–H groups in total. The van der Waals surface area contributed by atoms with Gasteiger partial charge in [-0.15, -0.1) is 0 Å². The minimum Gasteiger partial charge on any atom is -0.494 e. The monoisotopic (exact) mass is 465 g/mol. The second kappa shape index (κ2) is 9.18. The summed E-state index contributed by atoms with van der Waals surface area (Å²) in [4.78, 5) is 28.4. The number of benzene rings is 2. The van der Waals surface area contributed by atoms with Gasteiger partial charge in [0, 0.05) is 7.05 Å². The van der Waals surface area contributed by atoms with Crippen LogP contribution >= 0.6 is 24.0 Å². The lowest BCUT2D eigenvalue weighted by Gasteiger charge is -2.12. The second-order valence-corrected chi connectivity index (χ2v) is 9.02. The number of carbonyl (C=O) groups is 1. The van der Waals surface area contributed by atoms with Crippen molar-refractivity contribution in [2.75, 3.05) is 11.5 Å². The van der Waals surface area contributed by atoms with E-state index in [4.69, 9.17) is 17.0 Å². The largest absolute Gasteiger partial charge is 0.494 e. The number of aromatic nitrogens is 2. The van der Waals surface area contributed by atoms with E-state index in [2.05, 4.69) is 6.92 Å². The normalized spacial score (nSPS) is 15.1. The van der Waals surface area contributed by atoms with Crippen LogP contribution in [0.5, 0.6) is 5.75 Å². The van der Waals surface area contributed by atoms with E-state index in [0.717, 1.165) is 23.4 Å². The quantitative estimate of drug-likeness (QED) is 0.391. The minimum atomic E-state index is -0.294. The van der Waals surface area contributed by atoms with Gasteiger partial charge < -0.3 is 4.74 Å². The van der Waals surface area contributed by atoms with E-state index in [1.165, 1.54) is 16.7 Å². The van der Waals surface area contributed by atoms with Gasteiger partial charge in [0.1, 0.15) is 11.4 Å². The van der Waals surface area contributed by atoms with Gasteiger partial charge in [0.25, 0.3) is 11.5 Å². The van der Waals surface area contributed by atoms with Gasteiger partial charge in [-0.1, -0.05) is 61.2 Å². The van der Waals surface area contributed by atoms with Crippen molar-refractivity contribution in [1.82, 2.24) is 9.36 Å². The van der Waals surface area contributed by atoms with Crippen molar-refractivity contribution in [3.8, 4) is 11.4 Å². The number of ether oxygens (including phenoxy) is 1. The molecule has 1 saturated heterocycles. The first-order valence-corrected chi connectivity index (χ1v) is 11.5. The number of nitrogens with zero attached hydrogens (tertiary/aromatic N) is 3. The predicted molar refractivity (Wildman–Crippen MR) is 134 cm³/mol. The minimum absolute atomic E-state index is 0.283. The molecule has 2 heterocycles. The van der Waals surface area contributed by atoms with Crippen LogP contribution in [0.4, 0.5) is 5.69 Å². The van der Waals surface area contributed by atoms with Crippen LogP contribution in [0.3, 0.4) is 0 Å². The van der Waals surface area contributed by atoms with E-state index in [1.807, 2.05) is 61.5 Å². The highest BCUT2D eigenvalue weighted by molar-refractivity contribution is 8.27. The van der Waals surface area contributed by atoms with E-state index in [-0.39, 0.29) is 17.2 Å². The van der Waals surface area contributed by atoms with E-state index < -0.39 is 0 Å². The Bertz CT molecular complexity index is 1260. The zero-order chi connectivity index (χ0) is 22.8. The first kappa shape index (κ1) is 22.1. The third-order valence-electron chi connectivity index (χ3n) is 5.19. The topological polar surface area (TPSA) is 56.5 Å². The van der Waals surface area contributed by atoms with Gasteiger partial charge >= 0.3 is 0 Å². The zero-order valence-corrected chi connectivity index (χ0v) is 19.7. The SMILES string of the molecule is CCCOc1ccc(/C=C2/SC(=S)N(c3c(C)n(C)n(-c4ccccc4)c3=O)C2=O)cc1. The fourth-order valence-corrected chi connectivity index (χ4v) is 4.77. The van der Waals surface area contributed by atoms with E-state index in [1.54, 1.807) is 22.5 Å². The highest BCUT2D eigenvalue weighted by atomic mass is 32.2. The van der Waals surface area contributed by atoms with Gasteiger partial charge in [-0.3, -0.25) is 19.2 Å². The number of thiocarbonyl (C=S) groups is 1. The number of carbonyl (C=O) groups excluding carboxylic acids is 1. The Labute approximate surface area is 196 Å². The maximum absolute atomic E-state index is 13.3. The molecule has 0 bridgehead atoms. The molecule has 0 atom stereocenters. The number of hydrogen-bond acceptors (Lipinski definition) is 5. The molecule has 4 rings (SSSR count). The maximum atomic E-state index is 13.3. The molecule has 1 fully saturated rings. The molecule has 8 heteroatoms. The molecule has 0 spiro atoms. The van der Waals surface area contributed by atoms with Crippen LogP contribution in [0.15, 0.2) is 64.3 Å². The van der Waals surface area contributed by atoms with Crippen molar-refractivity contribution in [3.63, 3.8) is 0 Å². The van der Waals surface area contributed by atoms with Crippen molar-refractivity contribution < 1.29 is 9.53 Å². The Balaban J connectivity index is 1.67. The number of para-hydroxylation sites is 1. The molecule has 1 amide bonds. The van der Waals surface area contributed by atoms with Crippen LogP contribution in [0.2, 0.25) is 0 Å². The molecule has 1 aliphatic heterocycles. The van der Waals surface area contributed by atoms with Crippen LogP contribution in [0.1, 0.15) is 24.6 Å². The summed E-state index contributed by atoms with van der Waals surface area (Å²) in [5.41, 5.74) is 2.24. The second-order valence-electron chi connectivity index (χ2n) is 7.34. The molecule has 0 aliphatic carbocycles. The fourth-order valence-electron chi connectivity index (χ4n) is 3.50. The van der Waals surface area contributed by atoms with Crippen molar-refractivity contribution in [3.05, 3.63) is 81.1 Å². The predicted octanol–water partition coefficient (Wildman–Crippen LogP) is 4.68. The number of thioether (sulfide) groups is 1. The van der Waals surface area contributed by atoms with Crippen molar-refractivity contribution in [1.29, 1.82) is 0 Å². The lowest BCUT2D eigenvalue weighted by molar-refractivity contribution is -0.113. The molecule has 2 aromatic carbocycles. The third-order valence-corrected chi connectivity index (χ3v) is 6.49. The van der Waals surface area contributed by atoms with Crippen molar-refractivity contribution in [2.24, 2.45) is 7.05 Å². The van der Waals surface area contributed by atoms with Crippen LogP contribution < -0.4 is 15.2 Å². The summed E-state index contributed by atoms with van der Waals surface area (Å²) < 4.78 is 9.24. The maximum Gasteiger partial charge on any atom is 0.296 e. The zero-order valence-electron chi connectivity index (χ0n) is 18.1. The van der Waals surface area contributed by atoms with Crippen LogP contribution in [0.25, 0.3) is 11.8 Å². The molecular weight excluding hydrogens is 442 g/mol. The Morgan fingerprint density at radius 3 is 2.41 bits per heavy atom. The number of anilines is 1. The lowest BCUT2D eigenvalue weighted by atomic mass is 10.2. The van der Waals surface area contributed by atoms with Gasteiger partial charge in [-0.2, -0.15) is 0 Å². The van der Waals surface area contributed by atoms with Gasteiger partial charge in [0.2, 0.25) is 0 Å². The van der Waals surface area contributed by atoms with Gasteiger partial charge in [0.15, 0.2) is 4.32 Å². The summed E-state index contributed by atoms with van der Waals surface area (Å²) in [5, 5.41) is 0. The third kappa shape index (κ3) is 4.03. The molecule has 6 nitrogen and oxygen atoms in total. The highest BCUT2D eigenvalue weighted by Crippen LogP contribution is 2.36. The van der Waals surface area contributed by atoms with Gasteiger partial charge in [-0.25, -0.2) is 4.68 Å². The van der Waals surface area contributed by atoms with Gasteiger partial charge in [0.05, 0.1) is 22.9 Å². The summed E-state index contributed by atoms with van der Waals surface area (Å²) in [6, 6.07) is 16.9. The molecule has 32 heavy (non-hydrogen) atoms.